The van der Waals surface area contributed by atoms with Gasteiger partial charge >= 0.3 is 0 Å². The van der Waals surface area contributed by atoms with E-state index in [0.29, 0.717) is 5.92 Å². The molecule has 0 aromatic carbocycles. The lowest BCUT2D eigenvalue weighted by molar-refractivity contribution is -0.157. The summed E-state index contributed by atoms with van der Waals surface area (Å²) in [5, 5.41) is 3.05. The number of nitrogens with one attached hydrogen (secondary N) is 1. The van der Waals surface area contributed by atoms with E-state index in [1.54, 1.807) is 0 Å². The molecule has 4 nitrogen and oxygen atoms in total. The van der Waals surface area contributed by atoms with Crippen molar-refractivity contribution in [3.8, 4) is 0 Å². The van der Waals surface area contributed by atoms with Gasteiger partial charge in [-0.25, -0.2) is 0 Å². The highest BCUT2D eigenvalue weighted by molar-refractivity contribution is 6.00. The van der Waals surface area contributed by atoms with Gasteiger partial charge in [-0.3, -0.25) is 9.59 Å². The van der Waals surface area contributed by atoms with E-state index in [-0.39, 0.29) is 23.9 Å². The van der Waals surface area contributed by atoms with Crippen molar-refractivity contribution < 1.29 is 9.59 Å². The third-order valence-corrected chi connectivity index (χ3v) is 4.35. The minimum Gasteiger partial charge on any atom is -0.340 e. The van der Waals surface area contributed by atoms with Crippen LogP contribution in [0.2, 0.25) is 0 Å². The molecule has 0 bridgehead atoms. The first-order valence-corrected chi connectivity index (χ1v) is 7.52. The van der Waals surface area contributed by atoms with Crippen LogP contribution in [0.1, 0.15) is 59.8 Å². The van der Waals surface area contributed by atoms with E-state index in [4.69, 9.17) is 0 Å². The number of carbonyl (C=O) groups excluding carboxylic acids is 2. The van der Waals surface area contributed by atoms with Crippen LogP contribution in [0.5, 0.6) is 0 Å². The second kappa shape index (κ2) is 5.14. The monoisotopic (exact) mass is 266 g/mol. The van der Waals surface area contributed by atoms with Crippen molar-refractivity contribution in [3.63, 3.8) is 0 Å². The second-order valence-corrected chi connectivity index (χ2v) is 6.73. The molecule has 4 heteroatoms. The van der Waals surface area contributed by atoms with Crippen LogP contribution in [0.4, 0.5) is 0 Å². The number of piperazine rings is 1. The zero-order valence-corrected chi connectivity index (χ0v) is 12.5. The van der Waals surface area contributed by atoms with Gasteiger partial charge in [-0.1, -0.05) is 26.7 Å². The van der Waals surface area contributed by atoms with Gasteiger partial charge in [-0.05, 0) is 39.0 Å². The molecule has 19 heavy (non-hydrogen) atoms. The maximum atomic E-state index is 12.8. The lowest BCUT2D eigenvalue weighted by Gasteiger charge is -2.46. The quantitative estimate of drug-likeness (QED) is 0.850. The lowest BCUT2D eigenvalue weighted by atomic mass is 9.87. The Morgan fingerprint density at radius 1 is 1.21 bits per heavy atom. The maximum Gasteiger partial charge on any atom is 0.249 e. The molecule has 2 amide bonds. The first-order chi connectivity index (χ1) is 8.87. The average Bonchev–Trinajstić information content (AvgIpc) is 2.74. The number of carbonyl (C=O) groups is 2. The largest absolute Gasteiger partial charge is 0.340 e. The highest BCUT2D eigenvalue weighted by atomic mass is 16.2. The van der Waals surface area contributed by atoms with Crippen molar-refractivity contribution in [2.45, 2.75) is 77.4 Å². The van der Waals surface area contributed by atoms with Crippen molar-refractivity contribution in [2.24, 2.45) is 5.92 Å². The molecule has 1 heterocycles. The van der Waals surface area contributed by atoms with Gasteiger partial charge in [-0.2, -0.15) is 0 Å². The molecular weight excluding hydrogens is 240 g/mol. The summed E-state index contributed by atoms with van der Waals surface area (Å²) in [4.78, 5) is 27.1. The van der Waals surface area contributed by atoms with Crippen molar-refractivity contribution >= 4 is 11.8 Å². The summed E-state index contributed by atoms with van der Waals surface area (Å²) >= 11 is 0. The molecule has 1 aliphatic heterocycles. The summed E-state index contributed by atoms with van der Waals surface area (Å²) in [6.07, 6.45) is 4.41. The predicted molar refractivity (Wildman–Crippen MR) is 74.6 cm³/mol. The maximum absolute atomic E-state index is 12.8. The highest BCUT2D eigenvalue weighted by Crippen LogP contribution is 2.36. The Hall–Kier alpha value is -1.06. The molecule has 2 fully saturated rings. The van der Waals surface area contributed by atoms with Crippen molar-refractivity contribution in [2.75, 3.05) is 0 Å². The number of hydrogen-bond acceptors (Lipinski definition) is 2. The molecule has 1 spiro atoms. The van der Waals surface area contributed by atoms with Crippen LogP contribution in [0.3, 0.4) is 0 Å². The van der Waals surface area contributed by atoms with Crippen LogP contribution in [0.25, 0.3) is 0 Å². The number of nitrogens with zero attached hydrogens (tertiary/aromatic N) is 1. The van der Waals surface area contributed by atoms with E-state index in [1.807, 2.05) is 18.7 Å². The molecule has 1 aliphatic carbocycles. The fraction of sp³-hybridized carbons (Fsp3) is 0.867. The normalized spacial score (nSPS) is 26.6. The van der Waals surface area contributed by atoms with Gasteiger partial charge in [0, 0.05) is 6.04 Å². The van der Waals surface area contributed by atoms with E-state index in [2.05, 4.69) is 19.2 Å². The molecule has 0 radical (unpaired) electrons. The van der Waals surface area contributed by atoms with Crippen molar-refractivity contribution in [1.82, 2.24) is 10.2 Å². The zero-order valence-electron chi connectivity index (χ0n) is 12.5. The van der Waals surface area contributed by atoms with E-state index in [9.17, 15) is 9.59 Å². The Labute approximate surface area is 115 Å². The summed E-state index contributed by atoms with van der Waals surface area (Å²) in [5.74, 6) is 0.594. The summed E-state index contributed by atoms with van der Waals surface area (Å²) < 4.78 is 0. The summed E-state index contributed by atoms with van der Waals surface area (Å²) in [6, 6.07) is -0.210. The van der Waals surface area contributed by atoms with Crippen LogP contribution < -0.4 is 5.32 Å². The van der Waals surface area contributed by atoms with Crippen LogP contribution >= 0.6 is 0 Å². The van der Waals surface area contributed by atoms with Gasteiger partial charge in [0.2, 0.25) is 11.8 Å². The Morgan fingerprint density at radius 2 is 1.79 bits per heavy atom. The molecule has 1 unspecified atom stereocenters. The molecule has 1 saturated heterocycles. The predicted octanol–water partition coefficient (Wildman–Crippen LogP) is 2.08. The van der Waals surface area contributed by atoms with Gasteiger partial charge in [0.25, 0.3) is 0 Å². The SMILES string of the molecule is CC(C)CC1C(=O)NC2(CCCC2)C(=O)N1C(C)C. The topological polar surface area (TPSA) is 49.4 Å². The van der Waals surface area contributed by atoms with E-state index < -0.39 is 5.54 Å². The summed E-state index contributed by atoms with van der Waals surface area (Å²) in [6.45, 7) is 8.20. The Balaban J connectivity index is 2.29. The highest BCUT2D eigenvalue weighted by Gasteiger charge is 2.52. The van der Waals surface area contributed by atoms with Gasteiger partial charge in [0.05, 0.1) is 0 Å². The molecular formula is C15H26N2O2. The van der Waals surface area contributed by atoms with Crippen LogP contribution in [-0.2, 0) is 9.59 Å². The number of hydrogen-bond donors (Lipinski definition) is 1. The minimum atomic E-state index is -0.588. The lowest BCUT2D eigenvalue weighted by Crippen LogP contribution is -2.70. The van der Waals surface area contributed by atoms with Crippen LogP contribution in [0, 0.1) is 5.92 Å². The van der Waals surface area contributed by atoms with Crippen molar-refractivity contribution in [3.05, 3.63) is 0 Å². The van der Waals surface area contributed by atoms with Gasteiger partial charge in [0.1, 0.15) is 11.6 Å². The molecule has 1 N–H and O–H groups in total. The second-order valence-electron chi connectivity index (χ2n) is 6.73. The zero-order chi connectivity index (χ0) is 14.2. The molecule has 2 rings (SSSR count). The Morgan fingerprint density at radius 3 is 2.26 bits per heavy atom. The minimum absolute atomic E-state index is 0.0453. The van der Waals surface area contributed by atoms with Crippen molar-refractivity contribution in [1.29, 1.82) is 0 Å². The van der Waals surface area contributed by atoms with Gasteiger partial charge in [-0.15, -0.1) is 0 Å². The Kier molecular flexibility index (Phi) is 3.88. The first kappa shape index (κ1) is 14.4. The number of rotatable bonds is 3. The van der Waals surface area contributed by atoms with Crippen LogP contribution in [0.15, 0.2) is 0 Å². The summed E-state index contributed by atoms with van der Waals surface area (Å²) in [7, 11) is 0. The fourth-order valence-electron chi connectivity index (χ4n) is 3.47. The molecule has 1 atom stereocenters. The molecule has 0 aromatic rings. The van der Waals surface area contributed by atoms with Crippen LogP contribution in [-0.4, -0.2) is 34.3 Å². The van der Waals surface area contributed by atoms with Gasteiger partial charge in [0.15, 0.2) is 0 Å². The average molecular weight is 266 g/mol. The molecule has 0 aromatic heterocycles. The molecule has 108 valence electrons. The standard InChI is InChI=1S/C15H26N2O2/c1-10(2)9-12-13(18)16-15(7-5-6-8-15)14(19)17(12)11(3)4/h10-12H,5-9H2,1-4H3,(H,16,18). The third kappa shape index (κ3) is 2.49. The number of amides is 2. The van der Waals surface area contributed by atoms with Gasteiger partial charge < -0.3 is 10.2 Å². The van der Waals surface area contributed by atoms with E-state index >= 15 is 0 Å². The van der Waals surface area contributed by atoms with E-state index in [1.165, 1.54) is 0 Å². The fourth-order valence-corrected chi connectivity index (χ4v) is 3.47. The Bertz CT molecular complexity index is 370. The molecule has 1 saturated carbocycles. The molecule has 2 aliphatic rings. The van der Waals surface area contributed by atoms with E-state index in [0.717, 1.165) is 32.1 Å². The summed E-state index contributed by atoms with van der Waals surface area (Å²) in [5.41, 5.74) is -0.588. The first-order valence-electron chi connectivity index (χ1n) is 7.52. The third-order valence-electron chi connectivity index (χ3n) is 4.35. The smallest absolute Gasteiger partial charge is 0.249 e.